The molecule has 0 aromatic heterocycles. The summed E-state index contributed by atoms with van der Waals surface area (Å²) >= 11 is 0. The van der Waals surface area contributed by atoms with Crippen LogP contribution in [0.4, 0.5) is 4.39 Å². The number of hydrogen-bond acceptors (Lipinski definition) is 3. The van der Waals surface area contributed by atoms with E-state index < -0.39 is 0 Å². The van der Waals surface area contributed by atoms with Crippen LogP contribution in [0, 0.1) is 5.82 Å². The summed E-state index contributed by atoms with van der Waals surface area (Å²) in [5.41, 5.74) is 0.954. The summed E-state index contributed by atoms with van der Waals surface area (Å²) in [6, 6.07) is 6.59. The lowest BCUT2D eigenvalue weighted by Crippen LogP contribution is -2.15. The summed E-state index contributed by atoms with van der Waals surface area (Å²) in [7, 11) is 0. The van der Waals surface area contributed by atoms with Crippen LogP contribution in [0.3, 0.4) is 0 Å². The molecule has 1 aromatic rings. The number of hydrogen-bond donors (Lipinski definition) is 1. The number of nitrogens with one attached hydrogen (secondary N) is 1. The van der Waals surface area contributed by atoms with Crippen LogP contribution in [0.5, 0.6) is 0 Å². The Morgan fingerprint density at radius 2 is 2.17 bits per heavy atom. The van der Waals surface area contributed by atoms with Crippen LogP contribution in [-0.4, -0.2) is 19.1 Å². The molecule has 1 N–H and O–H groups in total. The number of carbonyl (C=O) groups is 1. The lowest BCUT2D eigenvalue weighted by atomic mass is 10.2. The quantitative estimate of drug-likeness (QED) is 0.572. The van der Waals surface area contributed by atoms with Crippen molar-refractivity contribution in [1.82, 2.24) is 5.32 Å². The number of halogens is 1. The van der Waals surface area contributed by atoms with E-state index in [1.807, 2.05) is 6.07 Å². The molecule has 0 aliphatic rings. The van der Waals surface area contributed by atoms with Gasteiger partial charge < -0.3 is 10.1 Å². The topological polar surface area (TPSA) is 38.3 Å². The van der Waals surface area contributed by atoms with Crippen molar-refractivity contribution >= 4 is 5.97 Å². The molecular weight excluding hydrogens is 233 g/mol. The lowest BCUT2D eigenvalue weighted by molar-refractivity contribution is -0.141. The first-order valence-corrected chi connectivity index (χ1v) is 6.27. The van der Waals surface area contributed by atoms with Crippen molar-refractivity contribution in [3.63, 3.8) is 0 Å². The third kappa shape index (κ3) is 7.01. The van der Waals surface area contributed by atoms with E-state index >= 15 is 0 Å². The summed E-state index contributed by atoms with van der Waals surface area (Å²) in [6.45, 7) is 3.48. The fraction of sp³-hybridized carbons (Fsp3) is 0.500. The molecule has 0 heterocycles. The van der Waals surface area contributed by atoms with E-state index in [0.717, 1.165) is 31.4 Å². The maximum Gasteiger partial charge on any atom is 0.302 e. The fourth-order valence-electron chi connectivity index (χ4n) is 1.62. The SMILES string of the molecule is CC(=O)OCCCCCNCc1cccc(F)c1. The highest BCUT2D eigenvalue weighted by atomic mass is 19.1. The van der Waals surface area contributed by atoms with E-state index in [1.54, 1.807) is 6.07 Å². The van der Waals surface area contributed by atoms with E-state index in [9.17, 15) is 9.18 Å². The van der Waals surface area contributed by atoms with Gasteiger partial charge in [-0.05, 0) is 43.5 Å². The van der Waals surface area contributed by atoms with Gasteiger partial charge in [0, 0.05) is 13.5 Å². The molecule has 3 nitrogen and oxygen atoms in total. The maximum absolute atomic E-state index is 12.9. The van der Waals surface area contributed by atoms with Crippen molar-refractivity contribution in [2.24, 2.45) is 0 Å². The highest BCUT2D eigenvalue weighted by molar-refractivity contribution is 5.65. The largest absolute Gasteiger partial charge is 0.466 e. The van der Waals surface area contributed by atoms with Crippen molar-refractivity contribution < 1.29 is 13.9 Å². The van der Waals surface area contributed by atoms with E-state index in [2.05, 4.69) is 5.32 Å². The summed E-state index contributed by atoms with van der Waals surface area (Å²) in [5.74, 6) is -0.421. The predicted molar refractivity (Wildman–Crippen MR) is 68.6 cm³/mol. The first kappa shape index (κ1) is 14.6. The maximum atomic E-state index is 12.9. The van der Waals surface area contributed by atoms with E-state index in [4.69, 9.17) is 4.74 Å². The molecule has 1 aromatic carbocycles. The number of rotatable bonds is 8. The second-order valence-electron chi connectivity index (χ2n) is 4.21. The molecule has 0 atom stereocenters. The van der Waals surface area contributed by atoms with Crippen LogP contribution in [-0.2, 0) is 16.1 Å². The second kappa shape index (κ2) is 8.64. The molecule has 0 amide bonds. The Bertz CT molecular complexity index is 369. The molecule has 0 radical (unpaired) electrons. The molecule has 0 fully saturated rings. The average Bonchev–Trinajstić information content (AvgIpc) is 2.32. The Balaban J connectivity index is 1.97. The van der Waals surface area contributed by atoms with Crippen LogP contribution in [0.2, 0.25) is 0 Å². The number of unbranched alkanes of at least 4 members (excludes halogenated alkanes) is 2. The van der Waals surface area contributed by atoms with E-state index in [0.29, 0.717) is 13.2 Å². The predicted octanol–water partition coefficient (Wildman–Crippen LogP) is 2.65. The summed E-state index contributed by atoms with van der Waals surface area (Å²) in [5, 5.41) is 3.25. The normalized spacial score (nSPS) is 10.3. The molecule has 18 heavy (non-hydrogen) atoms. The Morgan fingerprint density at radius 3 is 2.89 bits per heavy atom. The summed E-state index contributed by atoms with van der Waals surface area (Å²) in [4.78, 5) is 10.5. The van der Waals surface area contributed by atoms with Gasteiger partial charge in [0.05, 0.1) is 6.61 Å². The van der Waals surface area contributed by atoms with Gasteiger partial charge in [0.15, 0.2) is 0 Å². The third-order valence-corrected chi connectivity index (χ3v) is 2.52. The van der Waals surface area contributed by atoms with Crippen molar-refractivity contribution in [1.29, 1.82) is 0 Å². The van der Waals surface area contributed by atoms with E-state index in [1.165, 1.54) is 19.1 Å². The highest BCUT2D eigenvalue weighted by Gasteiger charge is 1.96. The second-order valence-corrected chi connectivity index (χ2v) is 4.21. The Labute approximate surface area is 107 Å². The monoisotopic (exact) mass is 253 g/mol. The van der Waals surface area contributed by atoms with Crippen molar-refractivity contribution in [3.05, 3.63) is 35.6 Å². The molecule has 4 heteroatoms. The summed E-state index contributed by atoms with van der Waals surface area (Å²) in [6.07, 6.45) is 2.93. The zero-order valence-corrected chi connectivity index (χ0v) is 10.7. The van der Waals surface area contributed by atoms with Crippen LogP contribution in [0.1, 0.15) is 31.7 Å². The summed E-state index contributed by atoms with van der Waals surface area (Å²) < 4.78 is 17.7. The van der Waals surface area contributed by atoms with E-state index in [-0.39, 0.29) is 11.8 Å². The molecule has 0 aliphatic heterocycles. The van der Waals surface area contributed by atoms with Gasteiger partial charge in [-0.25, -0.2) is 4.39 Å². The first-order chi connectivity index (χ1) is 8.68. The molecule has 0 spiro atoms. The molecule has 0 saturated heterocycles. The van der Waals surface area contributed by atoms with Gasteiger partial charge >= 0.3 is 5.97 Å². The fourth-order valence-corrected chi connectivity index (χ4v) is 1.62. The van der Waals surface area contributed by atoms with Crippen LogP contribution in [0.15, 0.2) is 24.3 Å². The Kier molecular flexibility index (Phi) is 7.03. The minimum atomic E-state index is -0.223. The Hall–Kier alpha value is -1.42. The van der Waals surface area contributed by atoms with Crippen molar-refractivity contribution in [2.45, 2.75) is 32.7 Å². The lowest BCUT2D eigenvalue weighted by Gasteiger charge is -2.05. The molecule has 1 rings (SSSR count). The zero-order valence-electron chi connectivity index (χ0n) is 10.7. The van der Waals surface area contributed by atoms with Crippen molar-refractivity contribution in [3.8, 4) is 0 Å². The van der Waals surface area contributed by atoms with Crippen LogP contribution >= 0.6 is 0 Å². The standard InChI is InChI=1S/C14H20FNO2/c1-12(17)18-9-4-2-3-8-16-11-13-6-5-7-14(15)10-13/h5-7,10,16H,2-4,8-9,11H2,1H3. The first-order valence-electron chi connectivity index (χ1n) is 6.27. The van der Waals surface area contributed by atoms with Gasteiger partial charge in [-0.1, -0.05) is 12.1 Å². The average molecular weight is 253 g/mol. The minimum Gasteiger partial charge on any atom is -0.466 e. The van der Waals surface area contributed by atoms with Gasteiger partial charge in [0.2, 0.25) is 0 Å². The van der Waals surface area contributed by atoms with Gasteiger partial charge in [-0.2, -0.15) is 0 Å². The molecule has 0 saturated carbocycles. The van der Waals surface area contributed by atoms with Crippen LogP contribution in [0.25, 0.3) is 0 Å². The molecule has 0 unspecified atom stereocenters. The molecule has 100 valence electrons. The minimum absolute atomic E-state index is 0.198. The zero-order chi connectivity index (χ0) is 13.2. The molecule has 0 bridgehead atoms. The number of benzene rings is 1. The molecular formula is C14H20FNO2. The third-order valence-electron chi connectivity index (χ3n) is 2.52. The van der Waals surface area contributed by atoms with Gasteiger partial charge in [-0.15, -0.1) is 0 Å². The van der Waals surface area contributed by atoms with Crippen molar-refractivity contribution in [2.75, 3.05) is 13.2 Å². The van der Waals surface area contributed by atoms with Gasteiger partial charge in [-0.3, -0.25) is 4.79 Å². The Morgan fingerprint density at radius 1 is 1.33 bits per heavy atom. The molecule has 0 aliphatic carbocycles. The van der Waals surface area contributed by atoms with Gasteiger partial charge in [0.1, 0.15) is 5.82 Å². The highest BCUT2D eigenvalue weighted by Crippen LogP contribution is 2.03. The number of carbonyl (C=O) groups excluding carboxylic acids is 1. The number of esters is 1. The van der Waals surface area contributed by atoms with Crippen LogP contribution < -0.4 is 5.32 Å². The smallest absolute Gasteiger partial charge is 0.302 e. The number of ether oxygens (including phenoxy) is 1. The van der Waals surface area contributed by atoms with Gasteiger partial charge in [0.25, 0.3) is 0 Å².